The van der Waals surface area contributed by atoms with Crippen molar-refractivity contribution < 1.29 is 0 Å². The Morgan fingerprint density at radius 2 is 0.944 bits per heavy atom. The Morgan fingerprint density at radius 1 is 0.444 bits per heavy atom. The van der Waals surface area contributed by atoms with Crippen LogP contribution in [0.2, 0.25) is 20.1 Å². The van der Waals surface area contributed by atoms with E-state index in [9.17, 15) is 0 Å². The zero-order valence-electron chi connectivity index (χ0n) is 18.6. The standard InChI is InChI=1S/C30H16Cl4N2/c31-19-11-9-15(13-21(19)33)25-26(16-10-12-20(32)22(34)14-16)29-28(18-6-2-4-8-24(18)35-29)30-27(25)17-5-1-3-7-23(17)36-30/h1-14,35-36H. The number of nitrogens with one attached hydrogen (secondary N) is 2. The van der Waals surface area contributed by atoms with E-state index in [1.807, 2.05) is 48.5 Å². The molecule has 0 bridgehead atoms. The lowest BCUT2D eigenvalue weighted by Crippen LogP contribution is -1.91. The second-order valence-corrected chi connectivity index (χ2v) is 10.5. The number of para-hydroxylation sites is 2. The summed E-state index contributed by atoms with van der Waals surface area (Å²) in [6.07, 6.45) is 0. The van der Waals surface area contributed by atoms with Crippen molar-refractivity contribution in [1.82, 2.24) is 9.97 Å². The highest BCUT2D eigenvalue weighted by Crippen LogP contribution is 2.49. The molecule has 0 aliphatic heterocycles. The fourth-order valence-corrected chi connectivity index (χ4v) is 5.91. The minimum absolute atomic E-state index is 0.498. The molecule has 0 amide bonds. The van der Waals surface area contributed by atoms with Gasteiger partial charge in [-0.15, -0.1) is 0 Å². The van der Waals surface area contributed by atoms with Crippen LogP contribution >= 0.6 is 46.4 Å². The van der Waals surface area contributed by atoms with E-state index in [4.69, 9.17) is 46.4 Å². The minimum atomic E-state index is 0.498. The molecule has 2 aromatic heterocycles. The van der Waals surface area contributed by atoms with Crippen LogP contribution in [0.25, 0.3) is 65.9 Å². The van der Waals surface area contributed by atoms with Gasteiger partial charge in [-0.05, 0) is 47.5 Å². The van der Waals surface area contributed by atoms with E-state index in [0.29, 0.717) is 20.1 Å². The van der Waals surface area contributed by atoms with Crippen LogP contribution in [-0.4, -0.2) is 9.97 Å². The molecule has 36 heavy (non-hydrogen) atoms. The molecule has 0 aliphatic rings. The lowest BCUT2D eigenvalue weighted by Gasteiger charge is -2.16. The molecule has 0 spiro atoms. The molecular weight excluding hydrogens is 530 g/mol. The summed E-state index contributed by atoms with van der Waals surface area (Å²) in [6, 6.07) is 28.3. The van der Waals surface area contributed by atoms with Gasteiger partial charge in [0.2, 0.25) is 0 Å². The first-order chi connectivity index (χ1) is 17.5. The van der Waals surface area contributed by atoms with Crippen molar-refractivity contribution in [2.75, 3.05) is 0 Å². The molecule has 7 aromatic rings. The van der Waals surface area contributed by atoms with Gasteiger partial charge in [0, 0.05) is 43.7 Å². The number of fused-ring (bicyclic) bond motifs is 7. The molecule has 2 N–H and O–H groups in total. The average Bonchev–Trinajstić information content (AvgIpc) is 3.45. The third-order valence-corrected chi connectivity index (χ3v) is 8.31. The van der Waals surface area contributed by atoms with Crippen LogP contribution in [0.4, 0.5) is 0 Å². The quantitative estimate of drug-likeness (QED) is 0.216. The van der Waals surface area contributed by atoms with Crippen LogP contribution in [-0.2, 0) is 0 Å². The Morgan fingerprint density at radius 3 is 1.53 bits per heavy atom. The van der Waals surface area contributed by atoms with Gasteiger partial charge in [0.25, 0.3) is 0 Å². The molecule has 0 saturated heterocycles. The van der Waals surface area contributed by atoms with Gasteiger partial charge >= 0.3 is 0 Å². The number of aromatic nitrogens is 2. The monoisotopic (exact) mass is 544 g/mol. The van der Waals surface area contributed by atoms with E-state index in [0.717, 1.165) is 65.9 Å². The van der Waals surface area contributed by atoms with Crippen molar-refractivity contribution in [3.05, 3.63) is 105 Å². The normalized spacial score (nSPS) is 11.9. The molecule has 2 nitrogen and oxygen atoms in total. The Balaban J connectivity index is 1.80. The SMILES string of the molecule is Clc1ccc(-c2c(-c3ccc(Cl)c(Cl)c3)c3c4ccccc4[nH]c3c3c2[nH]c2ccccc23)cc1Cl. The maximum absolute atomic E-state index is 6.55. The van der Waals surface area contributed by atoms with E-state index in [-0.39, 0.29) is 0 Å². The number of halogens is 4. The zero-order chi connectivity index (χ0) is 24.6. The summed E-state index contributed by atoms with van der Waals surface area (Å²) in [5.74, 6) is 0. The molecule has 174 valence electrons. The third kappa shape index (κ3) is 3.19. The van der Waals surface area contributed by atoms with E-state index < -0.39 is 0 Å². The Kier molecular flexibility index (Phi) is 5.03. The van der Waals surface area contributed by atoms with Crippen molar-refractivity contribution in [1.29, 1.82) is 0 Å². The molecule has 6 heteroatoms. The first-order valence-electron chi connectivity index (χ1n) is 11.4. The number of hydrogen-bond donors (Lipinski definition) is 2. The molecule has 0 fully saturated rings. The van der Waals surface area contributed by atoms with Crippen LogP contribution < -0.4 is 0 Å². The summed E-state index contributed by atoms with van der Waals surface area (Å²) in [7, 11) is 0. The summed E-state index contributed by atoms with van der Waals surface area (Å²) in [6.45, 7) is 0. The lowest BCUT2D eigenvalue weighted by atomic mass is 9.88. The van der Waals surface area contributed by atoms with Gasteiger partial charge in [0.05, 0.1) is 31.1 Å². The highest BCUT2D eigenvalue weighted by Gasteiger charge is 2.24. The smallest absolute Gasteiger partial charge is 0.0598 e. The molecule has 0 unspecified atom stereocenters. The van der Waals surface area contributed by atoms with Crippen molar-refractivity contribution >= 4 is 90.0 Å². The molecule has 0 aliphatic carbocycles. The Labute approximate surface area is 226 Å². The summed E-state index contributed by atoms with van der Waals surface area (Å²) in [4.78, 5) is 7.41. The number of benzene rings is 5. The van der Waals surface area contributed by atoms with Crippen LogP contribution in [0, 0.1) is 0 Å². The third-order valence-electron chi connectivity index (χ3n) is 6.83. The van der Waals surface area contributed by atoms with Gasteiger partial charge in [-0.1, -0.05) is 94.9 Å². The fourth-order valence-electron chi connectivity index (χ4n) is 5.31. The predicted molar refractivity (Wildman–Crippen MR) is 156 cm³/mol. The average molecular weight is 546 g/mol. The summed E-state index contributed by atoms with van der Waals surface area (Å²) in [5.41, 5.74) is 8.17. The maximum Gasteiger partial charge on any atom is 0.0598 e. The van der Waals surface area contributed by atoms with Crippen molar-refractivity contribution in [2.24, 2.45) is 0 Å². The van der Waals surface area contributed by atoms with E-state index in [1.54, 1.807) is 0 Å². The summed E-state index contributed by atoms with van der Waals surface area (Å²) >= 11 is 25.7. The predicted octanol–water partition coefficient (Wildman–Crippen LogP) is 10.9. The number of hydrogen-bond acceptors (Lipinski definition) is 0. The second-order valence-electron chi connectivity index (χ2n) is 8.85. The first-order valence-corrected chi connectivity index (χ1v) is 12.9. The largest absolute Gasteiger partial charge is 0.354 e. The number of H-pyrrole nitrogens is 2. The second kappa shape index (κ2) is 8.19. The van der Waals surface area contributed by atoms with Crippen LogP contribution in [0.3, 0.4) is 0 Å². The topological polar surface area (TPSA) is 31.6 Å². The minimum Gasteiger partial charge on any atom is -0.354 e. The zero-order valence-corrected chi connectivity index (χ0v) is 21.6. The Hall–Kier alpha value is -3.14. The van der Waals surface area contributed by atoms with Crippen molar-refractivity contribution in [2.45, 2.75) is 0 Å². The molecule has 0 saturated carbocycles. The highest BCUT2D eigenvalue weighted by molar-refractivity contribution is 6.43. The van der Waals surface area contributed by atoms with Gasteiger partial charge in [0.1, 0.15) is 0 Å². The molecular formula is C30H16Cl4N2. The van der Waals surface area contributed by atoms with Crippen molar-refractivity contribution in [3.8, 4) is 22.3 Å². The van der Waals surface area contributed by atoms with Crippen LogP contribution in [0.1, 0.15) is 0 Å². The first kappa shape index (κ1) is 22.1. The summed E-state index contributed by atoms with van der Waals surface area (Å²) in [5, 5.41) is 6.53. The molecule has 0 atom stereocenters. The van der Waals surface area contributed by atoms with Crippen LogP contribution in [0.5, 0.6) is 0 Å². The Bertz CT molecular complexity index is 2000. The van der Waals surface area contributed by atoms with Gasteiger partial charge < -0.3 is 9.97 Å². The van der Waals surface area contributed by atoms with E-state index in [1.165, 1.54) is 0 Å². The molecule has 2 heterocycles. The number of rotatable bonds is 2. The van der Waals surface area contributed by atoms with Gasteiger partial charge in [-0.3, -0.25) is 0 Å². The number of aromatic amines is 2. The molecule has 7 rings (SSSR count). The van der Waals surface area contributed by atoms with E-state index in [2.05, 4.69) is 46.4 Å². The van der Waals surface area contributed by atoms with Gasteiger partial charge in [-0.2, -0.15) is 0 Å². The fraction of sp³-hybridized carbons (Fsp3) is 0. The highest BCUT2D eigenvalue weighted by atomic mass is 35.5. The molecule has 5 aromatic carbocycles. The van der Waals surface area contributed by atoms with Crippen molar-refractivity contribution in [3.63, 3.8) is 0 Å². The van der Waals surface area contributed by atoms with Gasteiger partial charge in [0.15, 0.2) is 0 Å². The van der Waals surface area contributed by atoms with Crippen LogP contribution in [0.15, 0.2) is 84.9 Å². The lowest BCUT2D eigenvalue weighted by molar-refractivity contribution is 1.53. The molecule has 0 radical (unpaired) electrons. The van der Waals surface area contributed by atoms with E-state index >= 15 is 0 Å². The van der Waals surface area contributed by atoms with Gasteiger partial charge in [-0.25, -0.2) is 0 Å². The maximum atomic E-state index is 6.55. The summed E-state index contributed by atoms with van der Waals surface area (Å²) < 4.78 is 0.